The Balaban J connectivity index is 1.43. The number of likely N-dealkylation sites (tertiary alicyclic amines) is 1. The largest absolute Gasteiger partial charge is 0.450 e. The number of nitrogens with zero attached hydrogens (tertiary/aromatic N) is 2. The lowest BCUT2D eigenvalue weighted by molar-refractivity contribution is -0.384. The average molecular weight is 682 g/mol. The van der Waals surface area contributed by atoms with Gasteiger partial charge in [-0.1, -0.05) is 23.7 Å². The lowest BCUT2D eigenvalue weighted by atomic mass is 9.91. The fourth-order valence-corrected chi connectivity index (χ4v) is 5.53. The number of hydrogen-bond donors (Lipinski definition) is 1. The van der Waals surface area contributed by atoms with Gasteiger partial charge in [0.05, 0.1) is 27.5 Å². The van der Waals surface area contributed by atoms with E-state index >= 15 is 0 Å². The van der Waals surface area contributed by atoms with Crippen molar-refractivity contribution in [2.24, 2.45) is 0 Å². The van der Waals surface area contributed by atoms with Crippen LogP contribution < -0.4 is 10.7 Å². The molecule has 0 bridgehead atoms. The van der Waals surface area contributed by atoms with Crippen LogP contribution in [0.4, 0.5) is 32.0 Å². The summed E-state index contributed by atoms with van der Waals surface area (Å²) in [7, 11) is 0. The van der Waals surface area contributed by atoms with E-state index in [0.29, 0.717) is 22.7 Å². The van der Waals surface area contributed by atoms with Gasteiger partial charge in [-0.15, -0.1) is 0 Å². The number of halogens is 7. The molecule has 5 rings (SSSR count). The van der Waals surface area contributed by atoms with Crippen LogP contribution in [0, 0.1) is 10.1 Å². The fraction of sp³-hybridized carbons (Fsp3) is 0.258. The highest BCUT2D eigenvalue weighted by Gasteiger charge is 2.39. The van der Waals surface area contributed by atoms with Gasteiger partial charge in [0.2, 0.25) is 0 Å². The predicted molar refractivity (Wildman–Crippen MR) is 156 cm³/mol. The van der Waals surface area contributed by atoms with Gasteiger partial charge in [0.15, 0.2) is 11.2 Å². The van der Waals surface area contributed by atoms with E-state index in [-0.39, 0.29) is 48.5 Å². The van der Waals surface area contributed by atoms with Crippen molar-refractivity contribution in [3.63, 3.8) is 0 Å². The Morgan fingerprint density at radius 1 is 0.957 bits per heavy atom. The summed E-state index contributed by atoms with van der Waals surface area (Å²) in [6, 6.07) is 9.83. The first-order chi connectivity index (χ1) is 22.0. The van der Waals surface area contributed by atoms with E-state index in [1.807, 2.05) is 0 Å². The van der Waals surface area contributed by atoms with Gasteiger partial charge < -0.3 is 14.6 Å². The molecule has 1 N–H and O–H groups in total. The van der Waals surface area contributed by atoms with Crippen LogP contribution in [-0.2, 0) is 18.8 Å². The number of benzene rings is 3. The highest BCUT2D eigenvalue weighted by Crippen LogP contribution is 2.37. The molecular formula is C31H22ClF6N3O6. The van der Waals surface area contributed by atoms with Crippen LogP contribution >= 0.6 is 11.6 Å². The van der Waals surface area contributed by atoms with Crippen molar-refractivity contribution in [2.75, 3.05) is 6.54 Å². The molecule has 2 amide bonds. The van der Waals surface area contributed by atoms with E-state index < -0.39 is 69.1 Å². The topological polar surface area (TPSA) is 123 Å². The van der Waals surface area contributed by atoms with Gasteiger partial charge in [0.25, 0.3) is 17.5 Å². The van der Waals surface area contributed by atoms with Crippen LogP contribution in [0.2, 0.25) is 5.02 Å². The third-order valence-electron chi connectivity index (χ3n) is 7.68. The average Bonchev–Trinajstić information content (AvgIpc) is 3.00. The second kappa shape index (κ2) is 12.7. The van der Waals surface area contributed by atoms with E-state index in [2.05, 4.69) is 5.32 Å². The minimum atomic E-state index is -5.15. The molecule has 1 aromatic heterocycles. The lowest BCUT2D eigenvalue weighted by Crippen LogP contribution is -2.52. The van der Waals surface area contributed by atoms with Crippen LogP contribution in [-0.4, -0.2) is 40.3 Å². The Morgan fingerprint density at radius 3 is 2.19 bits per heavy atom. The summed E-state index contributed by atoms with van der Waals surface area (Å²) in [6.45, 7) is -0.159. The number of nitro groups is 1. The monoisotopic (exact) mass is 681 g/mol. The maximum absolute atomic E-state index is 13.6. The normalized spacial score (nSPS) is 17.0. The van der Waals surface area contributed by atoms with E-state index in [4.69, 9.17) is 16.0 Å². The number of alkyl halides is 6. The first-order valence-electron chi connectivity index (χ1n) is 13.9. The van der Waals surface area contributed by atoms with E-state index in [9.17, 15) is 50.8 Å². The summed E-state index contributed by atoms with van der Waals surface area (Å²) in [5.41, 5.74) is -4.62. The van der Waals surface area contributed by atoms with Crippen molar-refractivity contribution in [3.8, 4) is 0 Å². The minimum absolute atomic E-state index is 0.00488. The van der Waals surface area contributed by atoms with Crippen molar-refractivity contribution in [2.45, 2.75) is 43.7 Å². The van der Waals surface area contributed by atoms with Gasteiger partial charge in [0.1, 0.15) is 5.58 Å². The van der Waals surface area contributed by atoms with Crippen molar-refractivity contribution < 1.29 is 45.3 Å². The summed E-state index contributed by atoms with van der Waals surface area (Å²) in [6.07, 6.45) is -10.1. The molecule has 0 aliphatic carbocycles. The summed E-state index contributed by atoms with van der Waals surface area (Å²) < 4.78 is 86.6. The number of carbonyl (C=O) groups is 2. The fourth-order valence-electron chi connectivity index (χ4n) is 5.41. The summed E-state index contributed by atoms with van der Waals surface area (Å²) >= 11 is 5.97. The Labute approximate surface area is 265 Å². The van der Waals surface area contributed by atoms with E-state index in [1.54, 1.807) is 24.3 Å². The predicted octanol–water partition coefficient (Wildman–Crippen LogP) is 7.04. The molecule has 0 saturated carbocycles. The summed E-state index contributed by atoms with van der Waals surface area (Å²) in [4.78, 5) is 50.9. The SMILES string of the molecule is O=C(NC1CCN(C(=O)c2cc(C(F)(F)F)cc(C(F)(F)F)c2)C(Cc2ccc(Cl)cc2)C1)c1cc(=O)c2ccc([N+](=O)[O-])cc2o1. The van der Waals surface area contributed by atoms with Crippen LogP contribution in [0.1, 0.15) is 50.4 Å². The Morgan fingerprint density at radius 2 is 1.60 bits per heavy atom. The van der Waals surface area contributed by atoms with Gasteiger partial charge >= 0.3 is 12.4 Å². The lowest BCUT2D eigenvalue weighted by Gasteiger charge is -2.40. The molecule has 2 unspecified atom stereocenters. The van der Waals surface area contributed by atoms with Gasteiger partial charge in [-0.05, 0) is 61.2 Å². The van der Waals surface area contributed by atoms with Crippen LogP contribution in [0.25, 0.3) is 11.0 Å². The number of hydrogen-bond acceptors (Lipinski definition) is 6. The summed E-state index contributed by atoms with van der Waals surface area (Å²) in [5, 5.41) is 14.2. The van der Waals surface area contributed by atoms with Gasteiger partial charge in [0, 0.05) is 41.3 Å². The first-order valence-corrected chi connectivity index (χ1v) is 14.3. The van der Waals surface area contributed by atoms with Gasteiger partial charge in [-0.2, -0.15) is 26.3 Å². The van der Waals surface area contributed by atoms with E-state index in [1.165, 1.54) is 11.0 Å². The standard InChI is InChI=1S/C31H22ClF6N3O6/c32-20-3-1-16(2-4-20)9-23-13-21(39-28(43)27-15-25(42)24-6-5-22(41(45)46)14-26(24)47-27)7-8-40(23)29(44)17-10-18(30(33,34)35)12-19(11-17)31(36,37)38/h1-6,10-12,14-15,21,23H,7-9,13H2,(H,39,43). The number of non-ortho nitro benzene ring substituents is 1. The number of carbonyl (C=O) groups excluding carboxylic acids is 2. The molecule has 3 aromatic carbocycles. The van der Waals surface area contributed by atoms with Crippen molar-refractivity contribution in [1.29, 1.82) is 0 Å². The van der Waals surface area contributed by atoms with Crippen molar-refractivity contribution in [3.05, 3.63) is 120 Å². The Bertz CT molecular complexity index is 1890. The quantitative estimate of drug-likeness (QED) is 0.132. The second-order valence-corrected chi connectivity index (χ2v) is 11.3. The zero-order valence-electron chi connectivity index (χ0n) is 23.8. The molecule has 4 aromatic rings. The summed E-state index contributed by atoms with van der Waals surface area (Å²) in [5.74, 6) is -2.36. The number of rotatable bonds is 6. The smallest absolute Gasteiger partial charge is 0.416 e. The molecule has 1 saturated heterocycles. The maximum atomic E-state index is 13.6. The van der Waals surface area contributed by atoms with Crippen molar-refractivity contribution >= 4 is 40.1 Å². The number of nitro benzene ring substituents is 1. The third-order valence-corrected chi connectivity index (χ3v) is 7.93. The van der Waals surface area contributed by atoms with Crippen LogP contribution in [0.3, 0.4) is 0 Å². The zero-order valence-corrected chi connectivity index (χ0v) is 24.6. The Kier molecular flexibility index (Phi) is 9.04. The maximum Gasteiger partial charge on any atom is 0.416 e. The molecule has 47 heavy (non-hydrogen) atoms. The highest BCUT2D eigenvalue weighted by molar-refractivity contribution is 6.30. The molecule has 1 fully saturated rings. The number of piperidine rings is 1. The molecule has 1 aliphatic heterocycles. The Hall–Kier alpha value is -4.92. The molecule has 16 heteroatoms. The molecule has 9 nitrogen and oxygen atoms in total. The first kappa shape index (κ1) is 33.4. The molecule has 246 valence electrons. The molecular weight excluding hydrogens is 660 g/mol. The van der Waals surface area contributed by atoms with Crippen LogP contribution in [0.5, 0.6) is 0 Å². The third kappa shape index (κ3) is 7.56. The highest BCUT2D eigenvalue weighted by atomic mass is 35.5. The molecule has 2 heterocycles. The molecule has 0 spiro atoms. The number of nitrogens with one attached hydrogen (secondary N) is 1. The van der Waals surface area contributed by atoms with E-state index in [0.717, 1.165) is 18.2 Å². The molecule has 2 atom stereocenters. The molecule has 0 radical (unpaired) electrons. The number of amides is 2. The zero-order chi connectivity index (χ0) is 34.3. The second-order valence-electron chi connectivity index (χ2n) is 10.9. The number of fused-ring (bicyclic) bond motifs is 1. The van der Waals surface area contributed by atoms with Gasteiger partial charge in [-0.25, -0.2) is 0 Å². The van der Waals surface area contributed by atoms with Crippen molar-refractivity contribution in [1.82, 2.24) is 10.2 Å². The molecule has 1 aliphatic rings. The minimum Gasteiger partial charge on any atom is -0.450 e. The van der Waals surface area contributed by atoms with Crippen LogP contribution in [0.15, 0.2) is 75.9 Å². The van der Waals surface area contributed by atoms with Gasteiger partial charge in [-0.3, -0.25) is 24.5 Å².